The van der Waals surface area contributed by atoms with E-state index in [0.29, 0.717) is 12.3 Å². The Labute approximate surface area is 113 Å². The lowest BCUT2D eigenvalue weighted by Crippen LogP contribution is -2.46. The first-order valence-corrected chi connectivity index (χ1v) is 7.14. The van der Waals surface area contributed by atoms with Gasteiger partial charge in [0.25, 0.3) is 0 Å². The molecule has 1 atom stereocenters. The van der Waals surface area contributed by atoms with Crippen LogP contribution in [0.25, 0.3) is 0 Å². The first-order valence-electron chi connectivity index (χ1n) is 7.14. The van der Waals surface area contributed by atoms with Gasteiger partial charge in [-0.25, -0.2) is 0 Å². The van der Waals surface area contributed by atoms with Crippen molar-refractivity contribution in [2.45, 2.75) is 57.6 Å². The highest BCUT2D eigenvalue weighted by Gasteiger charge is 2.33. The number of carbonyl (C=O) groups excluding carboxylic acids is 1. The molecule has 0 spiro atoms. The molecule has 106 valence electrons. The van der Waals surface area contributed by atoms with Gasteiger partial charge in [0.05, 0.1) is 12.3 Å². The zero-order chi connectivity index (χ0) is 13.7. The Morgan fingerprint density at radius 2 is 2.42 bits per heavy atom. The highest BCUT2D eigenvalue weighted by atomic mass is 16.3. The number of aromatic nitrogens is 2. The number of nitrogens with zero attached hydrogens (tertiary/aromatic N) is 1. The van der Waals surface area contributed by atoms with E-state index < -0.39 is 0 Å². The third-order valence-corrected chi connectivity index (χ3v) is 3.93. The maximum atomic E-state index is 11.9. The van der Waals surface area contributed by atoms with Crippen molar-refractivity contribution < 1.29 is 9.90 Å². The minimum Gasteiger partial charge on any atom is -0.393 e. The molecule has 2 rings (SSSR count). The third-order valence-electron chi connectivity index (χ3n) is 3.93. The SMILES string of the molecule is CC[C@@H](NC(=O)CCCc1cn[nH]c1)C1CC(O)C1. The van der Waals surface area contributed by atoms with Gasteiger partial charge in [0.15, 0.2) is 0 Å². The van der Waals surface area contributed by atoms with Crippen molar-refractivity contribution >= 4 is 5.91 Å². The molecule has 1 aromatic heterocycles. The summed E-state index contributed by atoms with van der Waals surface area (Å²) in [7, 11) is 0. The molecule has 0 aliphatic heterocycles. The van der Waals surface area contributed by atoms with Crippen LogP contribution >= 0.6 is 0 Å². The molecule has 1 aliphatic carbocycles. The molecule has 0 radical (unpaired) electrons. The first-order chi connectivity index (χ1) is 9.19. The van der Waals surface area contributed by atoms with E-state index in [1.54, 1.807) is 6.20 Å². The van der Waals surface area contributed by atoms with E-state index in [1.165, 1.54) is 0 Å². The summed E-state index contributed by atoms with van der Waals surface area (Å²) in [6.45, 7) is 2.08. The average molecular weight is 265 g/mol. The van der Waals surface area contributed by atoms with Gasteiger partial charge < -0.3 is 10.4 Å². The van der Waals surface area contributed by atoms with E-state index in [4.69, 9.17) is 0 Å². The van der Waals surface area contributed by atoms with Crippen molar-refractivity contribution in [3.63, 3.8) is 0 Å². The van der Waals surface area contributed by atoms with Gasteiger partial charge in [0.2, 0.25) is 5.91 Å². The van der Waals surface area contributed by atoms with Gasteiger partial charge in [0, 0.05) is 18.7 Å². The van der Waals surface area contributed by atoms with E-state index >= 15 is 0 Å². The van der Waals surface area contributed by atoms with E-state index in [2.05, 4.69) is 22.4 Å². The fourth-order valence-corrected chi connectivity index (χ4v) is 2.66. The molecule has 0 unspecified atom stereocenters. The van der Waals surface area contributed by atoms with E-state index in [-0.39, 0.29) is 18.1 Å². The Kier molecular flexibility index (Phi) is 4.96. The smallest absolute Gasteiger partial charge is 0.220 e. The normalized spacial score (nSPS) is 23.7. The lowest BCUT2D eigenvalue weighted by molar-refractivity contribution is -0.123. The predicted molar refractivity (Wildman–Crippen MR) is 72.5 cm³/mol. The van der Waals surface area contributed by atoms with Crippen LogP contribution < -0.4 is 5.32 Å². The van der Waals surface area contributed by atoms with Crippen molar-refractivity contribution in [2.24, 2.45) is 5.92 Å². The highest BCUT2D eigenvalue weighted by molar-refractivity contribution is 5.76. The standard InChI is InChI=1S/C14H23N3O2/c1-2-13(11-6-12(18)7-11)17-14(19)5-3-4-10-8-15-16-9-10/h8-9,11-13,18H,2-7H2,1H3,(H,15,16)(H,17,19)/t11?,12?,13-/m1/s1. The van der Waals surface area contributed by atoms with E-state index in [0.717, 1.165) is 37.7 Å². The molecule has 1 heterocycles. The topological polar surface area (TPSA) is 78.0 Å². The number of hydrogen-bond acceptors (Lipinski definition) is 3. The summed E-state index contributed by atoms with van der Waals surface area (Å²) in [4.78, 5) is 11.9. The summed E-state index contributed by atoms with van der Waals surface area (Å²) >= 11 is 0. The molecule has 1 aliphatic rings. The van der Waals surface area contributed by atoms with Gasteiger partial charge >= 0.3 is 0 Å². The molecule has 0 bridgehead atoms. The molecular formula is C14H23N3O2. The molecule has 1 saturated carbocycles. The molecule has 1 fully saturated rings. The second-order valence-corrected chi connectivity index (χ2v) is 5.43. The fraction of sp³-hybridized carbons (Fsp3) is 0.714. The van der Waals surface area contributed by atoms with Crippen molar-refractivity contribution in [3.8, 4) is 0 Å². The van der Waals surface area contributed by atoms with Crippen LogP contribution in [-0.4, -0.2) is 33.4 Å². The van der Waals surface area contributed by atoms with Crippen LogP contribution in [0.1, 0.15) is 44.6 Å². The van der Waals surface area contributed by atoms with E-state index in [1.807, 2.05) is 6.20 Å². The second kappa shape index (κ2) is 6.70. The van der Waals surface area contributed by atoms with E-state index in [9.17, 15) is 9.90 Å². The van der Waals surface area contributed by atoms with Crippen LogP contribution in [0.3, 0.4) is 0 Å². The van der Waals surface area contributed by atoms with Crippen LogP contribution in [0.5, 0.6) is 0 Å². The lowest BCUT2D eigenvalue weighted by Gasteiger charge is -2.37. The van der Waals surface area contributed by atoms with Gasteiger partial charge in [0.1, 0.15) is 0 Å². The number of H-pyrrole nitrogens is 1. The van der Waals surface area contributed by atoms with Crippen molar-refractivity contribution in [3.05, 3.63) is 18.0 Å². The molecule has 5 nitrogen and oxygen atoms in total. The average Bonchev–Trinajstić information content (AvgIpc) is 2.85. The number of aromatic amines is 1. The van der Waals surface area contributed by atoms with Crippen LogP contribution in [0.2, 0.25) is 0 Å². The van der Waals surface area contributed by atoms with Gasteiger partial charge in [-0.2, -0.15) is 5.10 Å². The molecule has 1 amide bonds. The van der Waals surface area contributed by atoms with Crippen molar-refractivity contribution in [1.29, 1.82) is 0 Å². The van der Waals surface area contributed by atoms with Crippen LogP contribution in [0.4, 0.5) is 0 Å². The monoisotopic (exact) mass is 265 g/mol. The lowest BCUT2D eigenvalue weighted by atomic mass is 9.76. The number of hydrogen-bond donors (Lipinski definition) is 3. The van der Waals surface area contributed by atoms with Crippen LogP contribution in [0, 0.1) is 5.92 Å². The second-order valence-electron chi connectivity index (χ2n) is 5.43. The summed E-state index contributed by atoms with van der Waals surface area (Å²) < 4.78 is 0. The molecule has 3 N–H and O–H groups in total. The quantitative estimate of drug-likeness (QED) is 0.697. The number of rotatable bonds is 7. The Bertz CT molecular complexity index is 385. The summed E-state index contributed by atoms with van der Waals surface area (Å²) in [6, 6.07) is 0.227. The number of aliphatic hydroxyl groups excluding tert-OH is 1. The van der Waals surface area contributed by atoms with Gasteiger partial charge in [-0.15, -0.1) is 0 Å². The largest absolute Gasteiger partial charge is 0.393 e. The summed E-state index contributed by atoms with van der Waals surface area (Å²) in [6.07, 6.45) is 8.36. The number of carbonyl (C=O) groups is 1. The Hall–Kier alpha value is -1.36. The molecular weight excluding hydrogens is 242 g/mol. The molecule has 19 heavy (non-hydrogen) atoms. The number of aryl methyl sites for hydroxylation is 1. The zero-order valence-electron chi connectivity index (χ0n) is 11.4. The maximum Gasteiger partial charge on any atom is 0.220 e. The number of amides is 1. The molecule has 0 aromatic carbocycles. The van der Waals surface area contributed by atoms with Gasteiger partial charge in [-0.1, -0.05) is 6.92 Å². The predicted octanol–water partition coefficient (Wildman–Crippen LogP) is 1.40. The summed E-state index contributed by atoms with van der Waals surface area (Å²) in [5.41, 5.74) is 1.14. The molecule has 5 heteroatoms. The summed E-state index contributed by atoms with van der Waals surface area (Å²) in [5.74, 6) is 0.578. The van der Waals surface area contributed by atoms with Crippen molar-refractivity contribution in [2.75, 3.05) is 0 Å². The Morgan fingerprint density at radius 1 is 1.63 bits per heavy atom. The fourth-order valence-electron chi connectivity index (χ4n) is 2.66. The first kappa shape index (κ1) is 14.1. The highest BCUT2D eigenvalue weighted by Crippen LogP contribution is 2.31. The van der Waals surface area contributed by atoms with Crippen molar-refractivity contribution in [1.82, 2.24) is 15.5 Å². The number of nitrogens with one attached hydrogen (secondary N) is 2. The number of aliphatic hydroxyl groups is 1. The van der Waals surface area contributed by atoms with Crippen LogP contribution in [-0.2, 0) is 11.2 Å². The Morgan fingerprint density at radius 3 is 3.00 bits per heavy atom. The third kappa shape index (κ3) is 4.06. The van der Waals surface area contributed by atoms with Gasteiger partial charge in [-0.05, 0) is 43.6 Å². The zero-order valence-corrected chi connectivity index (χ0v) is 11.4. The summed E-state index contributed by atoms with van der Waals surface area (Å²) in [5, 5.41) is 19.1. The molecule has 1 aromatic rings. The minimum atomic E-state index is -0.156. The Balaban J connectivity index is 1.65. The maximum absolute atomic E-state index is 11.9. The molecule has 0 saturated heterocycles. The minimum absolute atomic E-state index is 0.122. The van der Waals surface area contributed by atoms with Crippen LogP contribution in [0.15, 0.2) is 12.4 Å². The van der Waals surface area contributed by atoms with Gasteiger partial charge in [-0.3, -0.25) is 9.89 Å².